The van der Waals surface area contributed by atoms with E-state index in [1.54, 1.807) is 0 Å². The summed E-state index contributed by atoms with van der Waals surface area (Å²) in [4.78, 5) is 17.0. The third kappa shape index (κ3) is 3.78. The summed E-state index contributed by atoms with van der Waals surface area (Å²) < 4.78 is 19.4. The van der Waals surface area contributed by atoms with Crippen LogP contribution >= 0.6 is 7.82 Å². The Labute approximate surface area is 85.3 Å². The zero-order valence-corrected chi connectivity index (χ0v) is 8.53. The molecule has 0 aromatic heterocycles. The van der Waals surface area contributed by atoms with E-state index in [4.69, 9.17) is 19.6 Å². The van der Waals surface area contributed by atoms with Crippen LogP contribution in [-0.4, -0.2) is 56.3 Å². The monoisotopic (exact) mass is 244 g/mol. The number of aliphatic hydroxyl groups excluding tert-OH is 3. The van der Waals surface area contributed by atoms with Gasteiger partial charge in [0.25, 0.3) is 0 Å². The maximum Gasteiger partial charge on any atom is 0.472 e. The Bertz CT molecular complexity index is 252. The molecule has 1 fully saturated rings. The highest BCUT2D eigenvalue weighted by atomic mass is 31.2. The lowest BCUT2D eigenvalue weighted by Gasteiger charge is -2.35. The van der Waals surface area contributed by atoms with Crippen LogP contribution in [0.3, 0.4) is 0 Å². The van der Waals surface area contributed by atoms with Crippen LogP contribution in [0, 0.1) is 0 Å². The second kappa shape index (κ2) is 4.86. The molecule has 0 aromatic carbocycles. The van der Waals surface area contributed by atoms with Gasteiger partial charge in [0, 0.05) is 6.42 Å². The fourth-order valence-corrected chi connectivity index (χ4v) is 1.70. The van der Waals surface area contributed by atoms with Crippen LogP contribution in [0.4, 0.5) is 0 Å². The van der Waals surface area contributed by atoms with Gasteiger partial charge in [0.15, 0.2) is 6.29 Å². The molecule has 90 valence electrons. The van der Waals surface area contributed by atoms with Crippen molar-refractivity contribution in [2.45, 2.75) is 31.0 Å². The van der Waals surface area contributed by atoms with Gasteiger partial charge in [-0.15, -0.1) is 0 Å². The van der Waals surface area contributed by atoms with Gasteiger partial charge in [-0.25, -0.2) is 4.57 Å². The van der Waals surface area contributed by atoms with Crippen molar-refractivity contribution in [3.8, 4) is 0 Å². The summed E-state index contributed by atoms with van der Waals surface area (Å²) in [5.74, 6) is 0. The molecule has 0 spiro atoms. The molecule has 0 bridgehead atoms. The lowest BCUT2D eigenvalue weighted by Crippen LogP contribution is -2.49. The Morgan fingerprint density at radius 3 is 2.47 bits per heavy atom. The van der Waals surface area contributed by atoms with E-state index in [0.717, 1.165) is 0 Å². The number of rotatable bonds is 3. The second-order valence-corrected chi connectivity index (χ2v) is 4.39. The Hall–Kier alpha value is -0.0500. The van der Waals surface area contributed by atoms with Gasteiger partial charge in [-0.3, -0.25) is 4.52 Å². The van der Waals surface area contributed by atoms with E-state index in [-0.39, 0.29) is 6.42 Å². The lowest BCUT2D eigenvalue weighted by atomic mass is 10.0. The molecule has 0 radical (unpaired) electrons. The summed E-state index contributed by atoms with van der Waals surface area (Å²) in [6.07, 6.45) is -5.31. The van der Waals surface area contributed by atoms with E-state index in [2.05, 4.69) is 4.52 Å². The largest absolute Gasteiger partial charge is 0.472 e. The average molecular weight is 244 g/mol. The summed E-state index contributed by atoms with van der Waals surface area (Å²) in [6.45, 7) is -0.440. The minimum Gasteiger partial charge on any atom is -0.394 e. The maximum absolute atomic E-state index is 10.5. The van der Waals surface area contributed by atoms with E-state index in [9.17, 15) is 14.8 Å². The number of phosphoric acid groups is 1. The maximum atomic E-state index is 10.5. The molecule has 0 aromatic rings. The van der Waals surface area contributed by atoms with Gasteiger partial charge in [0.05, 0.1) is 18.8 Å². The van der Waals surface area contributed by atoms with Crippen LogP contribution in [0.25, 0.3) is 0 Å². The molecule has 0 unspecified atom stereocenters. The molecule has 1 rings (SSSR count). The van der Waals surface area contributed by atoms with Crippen LogP contribution in [0.15, 0.2) is 0 Å². The first-order valence-corrected chi connectivity index (χ1v) is 5.73. The summed E-state index contributed by atoms with van der Waals surface area (Å²) >= 11 is 0. The topological polar surface area (TPSA) is 137 Å². The highest BCUT2D eigenvalue weighted by molar-refractivity contribution is 7.46. The van der Waals surface area contributed by atoms with Gasteiger partial charge in [0.1, 0.15) is 6.10 Å². The van der Waals surface area contributed by atoms with Crippen LogP contribution < -0.4 is 0 Å². The van der Waals surface area contributed by atoms with Crippen LogP contribution in [0.5, 0.6) is 0 Å². The van der Waals surface area contributed by atoms with Gasteiger partial charge in [-0.2, -0.15) is 0 Å². The molecule has 1 heterocycles. The molecule has 0 amide bonds. The third-order valence-corrected chi connectivity index (χ3v) is 2.43. The fraction of sp³-hybridized carbons (Fsp3) is 1.00. The number of hydrogen-bond donors (Lipinski definition) is 5. The molecule has 1 saturated heterocycles. The van der Waals surface area contributed by atoms with Gasteiger partial charge in [0.2, 0.25) is 0 Å². The van der Waals surface area contributed by atoms with Crippen molar-refractivity contribution in [1.82, 2.24) is 0 Å². The highest BCUT2D eigenvalue weighted by Gasteiger charge is 2.40. The van der Waals surface area contributed by atoms with Crippen molar-refractivity contribution in [1.29, 1.82) is 0 Å². The van der Waals surface area contributed by atoms with Gasteiger partial charge in [-0.1, -0.05) is 0 Å². The van der Waals surface area contributed by atoms with Gasteiger partial charge >= 0.3 is 7.82 Å². The second-order valence-electron chi connectivity index (χ2n) is 3.20. The SMILES string of the molecule is O=P(O)(O)O[C@H]1O[C@H](CO)C[C@H](O)[C@@H]1O. The Morgan fingerprint density at radius 2 is 2.00 bits per heavy atom. The third-order valence-electron chi connectivity index (χ3n) is 1.95. The van der Waals surface area contributed by atoms with E-state index in [1.165, 1.54) is 0 Å². The molecular formula is C6H13O8P. The summed E-state index contributed by atoms with van der Waals surface area (Å²) in [5, 5.41) is 27.3. The van der Waals surface area contributed by atoms with Crippen LogP contribution in [0.1, 0.15) is 6.42 Å². The summed E-state index contributed by atoms with van der Waals surface area (Å²) in [6, 6.07) is 0. The zero-order valence-electron chi connectivity index (χ0n) is 7.63. The Morgan fingerprint density at radius 1 is 1.40 bits per heavy atom. The highest BCUT2D eigenvalue weighted by Crippen LogP contribution is 2.40. The first-order chi connectivity index (χ1) is 6.83. The number of aliphatic hydroxyl groups is 3. The molecule has 1 aliphatic heterocycles. The summed E-state index contributed by atoms with van der Waals surface area (Å²) in [7, 11) is -4.81. The predicted molar refractivity (Wildman–Crippen MR) is 45.5 cm³/mol. The van der Waals surface area contributed by atoms with Gasteiger partial charge < -0.3 is 29.8 Å². The molecule has 0 saturated carbocycles. The predicted octanol–water partition coefficient (Wildman–Crippen LogP) is -2.08. The average Bonchev–Trinajstić information content (AvgIpc) is 2.10. The van der Waals surface area contributed by atoms with E-state index < -0.39 is 39.0 Å². The molecule has 8 nitrogen and oxygen atoms in total. The standard InChI is InChI=1S/C6H13O8P/c7-2-3-1-4(8)5(9)6(13-3)14-15(10,11)12/h3-9H,1-2H2,(H2,10,11,12)/t3-,4-,5-,6+/m0/s1. The molecule has 9 heteroatoms. The summed E-state index contributed by atoms with van der Waals surface area (Å²) in [5.41, 5.74) is 0. The van der Waals surface area contributed by atoms with E-state index in [0.29, 0.717) is 0 Å². The van der Waals surface area contributed by atoms with Crippen molar-refractivity contribution in [3.05, 3.63) is 0 Å². The van der Waals surface area contributed by atoms with Gasteiger partial charge in [-0.05, 0) is 0 Å². The smallest absolute Gasteiger partial charge is 0.394 e. The fourth-order valence-electron chi connectivity index (χ4n) is 1.26. The first-order valence-electron chi connectivity index (χ1n) is 4.20. The molecule has 1 aliphatic rings. The van der Waals surface area contributed by atoms with E-state index in [1.807, 2.05) is 0 Å². The van der Waals surface area contributed by atoms with Crippen molar-refractivity contribution in [3.63, 3.8) is 0 Å². The molecule has 15 heavy (non-hydrogen) atoms. The number of phosphoric ester groups is 1. The molecule has 5 N–H and O–H groups in total. The van der Waals surface area contributed by atoms with Crippen LogP contribution in [0.2, 0.25) is 0 Å². The normalized spacial score (nSPS) is 37.9. The minimum absolute atomic E-state index is 0.0291. The number of ether oxygens (including phenoxy) is 1. The van der Waals surface area contributed by atoms with Crippen molar-refractivity contribution < 1.29 is 38.9 Å². The zero-order chi connectivity index (χ0) is 11.6. The minimum atomic E-state index is -4.81. The van der Waals surface area contributed by atoms with Crippen molar-refractivity contribution >= 4 is 7.82 Å². The quantitative estimate of drug-likeness (QED) is 0.357. The number of hydrogen-bond acceptors (Lipinski definition) is 6. The Kier molecular flexibility index (Phi) is 4.21. The lowest BCUT2D eigenvalue weighted by molar-refractivity contribution is -0.245. The van der Waals surface area contributed by atoms with Crippen molar-refractivity contribution in [2.75, 3.05) is 6.61 Å². The first kappa shape index (κ1) is 13.0. The molecule has 0 aliphatic carbocycles. The molecular weight excluding hydrogens is 231 g/mol. The van der Waals surface area contributed by atoms with E-state index >= 15 is 0 Å². The van der Waals surface area contributed by atoms with Crippen LogP contribution in [-0.2, 0) is 13.8 Å². The molecule has 4 atom stereocenters. The van der Waals surface area contributed by atoms with Crippen molar-refractivity contribution in [2.24, 2.45) is 0 Å². The Balaban J connectivity index is 2.64.